The number of carbonyl (C=O) groups is 4. The minimum Gasteiger partial charge on any atom is -0.451 e. The number of nitrogens with zero attached hydrogens (tertiary/aromatic N) is 1. The number of anilines is 1. The molecule has 150 valence electrons. The number of halogens is 1. The third kappa shape index (κ3) is 4.46. The molecule has 1 atom stereocenters. The van der Waals surface area contributed by atoms with E-state index < -0.39 is 36.3 Å². The van der Waals surface area contributed by atoms with Gasteiger partial charge < -0.3 is 10.1 Å². The number of carbonyl (C=O) groups excluding carboxylic acids is 4. The highest BCUT2D eigenvalue weighted by Gasteiger charge is 2.33. The molecule has 0 bridgehead atoms. The Bertz CT molecular complexity index is 1000. The number of benzene rings is 2. The number of fused-ring (bicyclic) bond motifs is 1. The Kier molecular flexibility index (Phi) is 5.98. The van der Waals surface area contributed by atoms with Crippen LogP contribution in [0.1, 0.15) is 28.4 Å². The molecule has 29 heavy (non-hydrogen) atoms. The van der Waals surface area contributed by atoms with Crippen LogP contribution in [0.2, 0.25) is 5.02 Å². The van der Waals surface area contributed by atoms with E-state index in [1.54, 1.807) is 49.4 Å². The first-order valence-corrected chi connectivity index (χ1v) is 9.33. The molecule has 1 aliphatic heterocycles. The highest BCUT2D eigenvalue weighted by Crippen LogP contribution is 2.23. The number of esters is 1. The zero-order valence-corrected chi connectivity index (χ0v) is 16.7. The molecule has 3 rings (SSSR count). The summed E-state index contributed by atoms with van der Waals surface area (Å²) in [4.78, 5) is 50.1. The van der Waals surface area contributed by atoms with Crippen molar-refractivity contribution < 1.29 is 23.9 Å². The Hall–Kier alpha value is -3.19. The number of nitrogens with one attached hydrogen (secondary N) is 1. The Morgan fingerprint density at radius 2 is 1.90 bits per heavy atom. The Morgan fingerprint density at radius 1 is 1.17 bits per heavy atom. The Balaban J connectivity index is 1.61. The van der Waals surface area contributed by atoms with Crippen LogP contribution in [0, 0.1) is 6.92 Å². The summed E-state index contributed by atoms with van der Waals surface area (Å²) in [5.41, 5.74) is 2.19. The van der Waals surface area contributed by atoms with Crippen LogP contribution in [0.3, 0.4) is 0 Å². The molecule has 1 aliphatic rings. The number of rotatable bonds is 5. The number of ether oxygens (including phenoxy) is 1. The molecule has 2 aromatic rings. The summed E-state index contributed by atoms with van der Waals surface area (Å²) in [5, 5.41) is 3.14. The summed E-state index contributed by atoms with van der Waals surface area (Å²) < 4.78 is 5.11. The molecule has 0 saturated heterocycles. The highest BCUT2D eigenvalue weighted by atomic mass is 35.5. The molecule has 1 heterocycles. The Morgan fingerprint density at radius 3 is 2.66 bits per heavy atom. The fourth-order valence-electron chi connectivity index (χ4n) is 2.95. The van der Waals surface area contributed by atoms with Crippen LogP contribution < -0.4 is 5.32 Å². The van der Waals surface area contributed by atoms with Gasteiger partial charge in [0.15, 0.2) is 6.10 Å². The van der Waals surface area contributed by atoms with Crippen LogP contribution in [0.25, 0.3) is 0 Å². The summed E-state index contributed by atoms with van der Waals surface area (Å²) in [5.74, 6) is -2.44. The predicted molar refractivity (Wildman–Crippen MR) is 107 cm³/mol. The molecule has 0 spiro atoms. The van der Waals surface area contributed by atoms with Gasteiger partial charge in [-0.2, -0.15) is 0 Å². The first kappa shape index (κ1) is 20.5. The third-order valence-corrected chi connectivity index (χ3v) is 5.04. The van der Waals surface area contributed by atoms with Gasteiger partial charge in [0.1, 0.15) is 6.54 Å². The van der Waals surface area contributed by atoms with E-state index in [0.29, 0.717) is 27.4 Å². The summed E-state index contributed by atoms with van der Waals surface area (Å²) in [6.45, 7) is 2.60. The topological polar surface area (TPSA) is 92.8 Å². The van der Waals surface area contributed by atoms with Crippen molar-refractivity contribution in [2.75, 3.05) is 11.9 Å². The van der Waals surface area contributed by atoms with Gasteiger partial charge in [-0.1, -0.05) is 35.9 Å². The van der Waals surface area contributed by atoms with Crippen LogP contribution in [-0.4, -0.2) is 41.2 Å². The average Bonchev–Trinajstić information content (AvgIpc) is 2.68. The van der Waals surface area contributed by atoms with E-state index in [4.69, 9.17) is 16.3 Å². The summed E-state index contributed by atoms with van der Waals surface area (Å²) >= 11 is 6.03. The molecule has 3 amide bonds. The lowest BCUT2D eigenvalue weighted by atomic mass is 9.98. The van der Waals surface area contributed by atoms with E-state index in [0.717, 1.165) is 4.90 Å². The fourth-order valence-corrected chi connectivity index (χ4v) is 3.13. The second kappa shape index (κ2) is 8.45. The maximum atomic E-state index is 12.5. The molecule has 7 nitrogen and oxygen atoms in total. The van der Waals surface area contributed by atoms with Gasteiger partial charge >= 0.3 is 5.97 Å². The molecule has 0 radical (unpaired) electrons. The minimum absolute atomic E-state index is 0.0271. The predicted octanol–water partition coefficient (Wildman–Crippen LogP) is 2.74. The maximum absolute atomic E-state index is 12.5. The van der Waals surface area contributed by atoms with E-state index in [1.165, 1.54) is 6.92 Å². The van der Waals surface area contributed by atoms with Crippen molar-refractivity contribution in [1.82, 2.24) is 4.90 Å². The van der Waals surface area contributed by atoms with Crippen molar-refractivity contribution >= 4 is 41.0 Å². The van der Waals surface area contributed by atoms with Crippen molar-refractivity contribution in [2.45, 2.75) is 26.4 Å². The summed E-state index contributed by atoms with van der Waals surface area (Å²) in [6, 6.07) is 11.8. The molecule has 8 heteroatoms. The molecule has 0 fully saturated rings. The van der Waals surface area contributed by atoms with E-state index in [-0.39, 0.29) is 6.42 Å². The van der Waals surface area contributed by atoms with Crippen LogP contribution in [0.15, 0.2) is 42.5 Å². The fraction of sp³-hybridized carbons (Fsp3) is 0.238. The van der Waals surface area contributed by atoms with Crippen molar-refractivity contribution in [1.29, 1.82) is 0 Å². The van der Waals surface area contributed by atoms with Gasteiger partial charge in [0.2, 0.25) is 5.91 Å². The van der Waals surface area contributed by atoms with E-state index in [1.807, 2.05) is 0 Å². The van der Waals surface area contributed by atoms with Crippen molar-refractivity contribution in [3.05, 3.63) is 64.2 Å². The number of amides is 3. The monoisotopic (exact) mass is 414 g/mol. The van der Waals surface area contributed by atoms with Gasteiger partial charge in [0.25, 0.3) is 11.8 Å². The number of imide groups is 1. The quantitative estimate of drug-likeness (QED) is 0.599. The normalized spacial score (nSPS) is 14.2. The zero-order valence-electron chi connectivity index (χ0n) is 15.9. The maximum Gasteiger partial charge on any atom is 0.326 e. The van der Waals surface area contributed by atoms with Crippen molar-refractivity contribution in [2.24, 2.45) is 0 Å². The van der Waals surface area contributed by atoms with Gasteiger partial charge in [-0.3, -0.25) is 24.1 Å². The molecule has 1 N–H and O–H groups in total. The van der Waals surface area contributed by atoms with Crippen LogP contribution in [0.4, 0.5) is 5.69 Å². The van der Waals surface area contributed by atoms with Crippen LogP contribution in [0.5, 0.6) is 0 Å². The minimum atomic E-state index is -1.12. The lowest BCUT2D eigenvalue weighted by Gasteiger charge is -2.26. The second-order valence-corrected chi connectivity index (χ2v) is 7.06. The van der Waals surface area contributed by atoms with Crippen molar-refractivity contribution in [3.8, 4) is 0 Å². The van der Waals surface area contributed by atoms with Crippen molar-refractivity contribution in [3.63, 3.8) is 0 Å². The zero-order chi connectivity index (χ0) is 21.1. The highest BCUT2D eigenvalue weighted by molar-refractivity contribution is 6.31. The van der Waals surface area contributed by atoms with Gasteiger partial charge in [0, 0.05) is 16.3 Å². The molecule has 0 aromatic heterocycles. The first-order valence-electron chi connectivity index (χ1n) is 8.96. The Labute approximate surface area is 172 Å². The molecule has 0 aliphatic carbocycles. The molecular formula is C21H19ClN2O5. The lowest BCUT2D eigenvalue weighted by molar-refractivity contribution is -0.155. The molecular weight excluding hydrogens is 396 g/mol. The van der Waals surface area contributed by atoms with Gasteiger partial charge in [0.05, 0.1) is 6.42 Å². The number of hydrogen-bond donors (Lipinski definition) is 1. The largest absolute Gasteiger partial charge is 0.451 e. The average molecular weight is 415 g/mol. The molecule has 0 saturated carbocycles. The summed E-state index contributed by atoms with van der Waals surface area (Å²) in [7, 11) is 0. The van der Waals surface area contributed by atoms with E-state index >= 15 is 0 Å². The second-order valence-electron chi connectivity index (χ2n) is 6.65. The number of hydrogen-bond acceptors (Lipinski definition) is 5. The van der Waals surface area contributed by atoms with Crippen LogP contribution in [-0.2, 0) is 25.5 Å². The van der Waals surface area contributed by atoms with Gasteiger partial charge in [-0.05, 0) is 43.2 Å². The first-order chi connectivity index (χ1) is 13.8. The molecule has 0 unspecified atom stereocenters. The standard InChI is InChI=1S/C21H19ClN2O5/c1-12-16(22)8-5-9-17(12)23-20(27)13(2)29-19(26)11-24-18(25)10-14-6-3-4-7-15(14)21(24)28/h3-9,13H,10-11H2,1-2H3,(H,23,27)/t13-/m0/s1. The molecule has 2 aromatic carbocycles. The lowest BCUT2D eigenvalue weighted by Crippen LogP contribution is -2.46. The van der Waals surface area contributed by atoms with Gasteiger partial charge in [-0.15, -0.1) is 0 Å². The van der Waals surface area contributed by atoms with Crippen LogP contribution >= 0.6 is 11.6 Å². The van der Waals surface area contributed by atoms with E-state index in [2.05, 4.69) is 5.32 Å². The van der Waals surface area contributed by atoms with E-state index in [9.17, 15) is 19.2 Å². The smallest absolute Gasteiger partial charge is 0.326 e. The SMILES string of the molecule is Cc1c(Cl)cccc1NC(=O)[C@H](C)OC(=O)CN1C(=O)Cc2ccccc2C1=O. The third-order valence-electron chi connectivity index (χ3n) is 4.63. The summed E-state index contributed by atoms with van der Waals surface area (Å²) in [6.07, 6.45) is -1.10. The van der Waals surface area contributed by atoms with Gasteiger partial charge in [-0.25, -0.2) is 0 Å².